The molecule has 0 aromatic carbocycles. The van der Waals surface area contributed by atoms with Gasteiger partial charge in [0.15, 0.2) is 17.2 Å². The molecule has 2 aromatic heterocycles. The normalized spacial score (nSPS) is 10.4. The number of hydrogen-bond acceptors (Lipinski definition) is 6. The standard InChI is InChI=1S/C12H12N2O5/c1-17-7-9-5-8(14-19-9)6-18-10-3-2-4-13-11(10)12(15)16/h2-5H,6-7H2,1H3,(H,15,16). The highest BCUT2D eigenvalue weighted by Crippen LogP contribution is 2.17. The van der Waals surface area contributed by atoms with Crippen LogP contribution >= 0.6 is 0 Å². The molecule has 0 amide bonds. The van der Waals surface area contributed by atoms with Crippen molar-refractivity contribution in [3.05, 3.63) is 41.5 Å². The predicted molar refractivity (Wildman–Crippen MR) is 62.7 cm³/mol. The van der Waals surface area contributed by atoms with Crippen LogP contribution in [0.5, 0.6) is 5.75 Å². The van der Waals surface area contributed by atoms with Gasteiger partial charge in [-0.1, -0.05) is 5.16 Å². The van der Waals surface area contributed by atoms with E-state index in [1.165, 1.54) is 12.3 Å². The van der Waals surface area contributed by atoms with Crippen LogP contribution in [0.2, 0.25) is 0 Å². The Hall–Kier alpha value is -2.41. The minimum atomic E-state index is -1.14. The minimum absolute atomic E-state index is 0.0964. The van der Waals surface area contributed by atoms with Gasteiger partial charge in [-0.05, 0) is 12.1 Å². The molecule has 0 atom stereocenters. The summed E-state index contributed by atoms with van der Waals surface area (Å²) in [6, 6.07) is 4.81. The van der Waals surface area contributed by atoms with Gasteiger partial charge >= 0.3 is 5.97 Å². The van der Waals surface area contributed by atoms with Gasteiger partial charge in [-0.25, -0.2) is 9.78 Å². The Morgan fingerprint density at radius 1 is 1.47 bits per heavy atom. The van der Waals surface area contributed by atoms with Crippen LogP contribution in [0.25, 0.3) is 0 Å². The largest absolute Gasteiger partial charge is 0.485 e. The molecule has 7 heteroatoms. The number of carboxylic acids is 1. The van der Waals surface area contributed by atoms with Crippen LogP contribution in [0.15, 0.2) is 28.9 Å². The summed E-state index contributed by atoms with van der Waals surface area (Å²) in [5.74, 6) is -0.382. The summed E-state index contributed by atoms with van der Waals surface area (Å²) in [5, 5.41) is 12.7. The summed E-state index contributed by atoms with van der Waals surface area (Å²) < 4.78 is 15.2. The van der Waals surface area contributed by atoms with Crippen molar-refractivity contribution in [3.8, 4) is 5.75 Å². The summed E-state index contributed by atoms with van der Waals surface area (Å²) in [7, 11) is 1.55. The van der Waals surface area contributed by atoms with E-state index < -0.39 is 5.97 Å². The molecule has 0 unspecified atom stereocenters. The quantitative estimate of drug-likeness (QED) is 0.844. The Labute approximate surface area is 108 Å². The van der Waals surface area contributed by atoms with Crippen molar-refractivity contribution in [2.45, 2.75) is 13.2 Å². The van der Waals surface area contributed by atoms with Gasteiger partial charge in [0, 0.05) is 19.4 Å². The van der Waals surface area contributed by atoms with E-state index in [-0.39, 0.29) is 18.1 Å². The third-order valence-corrected chi connectivity index (χ3v) is 2.24. The molecule has 2 rings (SSSR count). The van der Waals surface area contributed by atoms with Crippen molar-refractivity contribution >= 4 is 5.97 Å². The predicted octanol–water partition coefficient (Wildman–Crippen LogP) is 1.49. The summed E-state index contributed by atoms with van der Waals surface area (Å²) in [4.78, 5) is 14.7. The first-order valence-corrected chi connectivity index (χ1v) is 5.45. The molecule has 0 aliphatic rings. The highest BCUT2D eigenvalue weighted by atomic mass is 16.5. The molecule has 2 aromatic rings. The fraction of sp³-hybridized carbons (Fsp3) is 0.250. The fourth-order valence-corrected chi connectivity index (χ4v) is 1.45. The van der Waals surface area contributed by atoms with Crippen molar-refractivity contribution in [1.82, 2.24) is 10.1 Å². The number of carboxylic acid groups (broad SMARTS) is 1. The van der Waals surface area contributed by atoms with E-state index in [0.717, 1.165) is 0 Å². The number of carbonyl (C=O) groups is 1. The lowest BCUT2D eigenvalue weighted by Crippen LogP contribution is -2.05. The molecule has 1 N–H and O–H groups in total. The third kappa shape index (κ3) is 3.29. The summed E-state index contributed by atoms with van der Waals surface area (Å²) in [6.45, 7) is 0.416. The number of nitrogens with zero attached hydrogens (tertiary/aromatic N) is 2. The van der Waals surface area contributed by atoms with Gasteiger partial charge in [0.25, 0.3) is 0 Å². The Kier molecular flexibility index (Phi) is 4.09. The average Bonchev–Trinajstić information content (AvgIpc) is 2.85. The maximum absolute atomic E-state index is 10.9. The van der Waals surface area contributed by atoms with Gasteiger partial charge in [0.1, 0.15) is 18.9 Å². The fourth-order valence-electron chi connectivity index (χ4n) is 1.45. The molecule has 0 spiro atoms. The van der Waals surface area contributed by atoms with Crippen molar-refractivity contribution < 1.29 is 23.9 Å². The number of methoxy groups -OCH3 is 1. The maximum Gasteiger partial charge on any atom is 0.358 e. The van der Waals surface area contributed by atoms with Crippen LogP contribution < -0.4 is 4.74 Å². The van der Waals surface area contributed by atoms with E-state index in [1.54, 1.807) is 19.2 Å². The highest BCUT2D eigenvalue weighted by molar-refractivity contribution is 5.88. The lowest BCUT2D eigenvalue weighted by atomic mass is 10.3. The average molecular weight is 264 g/mol. The van der Waals surface area contributed by atoms with Crippen molar-refractivity contribution in [2.24, 2.45) is 0 Å². The summed E-state index contributed by atoms with van der Waals surface area (Å²) >= 11 is 0. The molecule has 2 heterocycles. The van der Waals surface area contributed by atoms with E-state index in [4.69, 9.17) is 19.1 Å². The molecule has 0 aliphatic heterocycles. The van der Waals surface area contributed by atoms with Crippen molar-refractivity contribution in [1.29, 1.82) is 0 Å². The second-order valence-corrected chi connectivity index (χ2v) is 3.66. The SMILES string of the molecule is COCc1cc(COc2cccnc2C(=O)O)no1. The number of aromatic nitrogens is 2. The Balaban J connectivity index is 2.03. The summed E-state index contributed by atoms with van der Waals surface area (Å²) in [6.07, 6.45) is 1.39. The van der Waals surface area contributed by atoms with Gasteiger partial charge in [0.2, 0.25) is 0 Å². The molecule has 0 radical (unpaired) electrons. The van der Waals surface area contributed by atoms with E-state index in [2.05, 4.69) is 10.1 Å². The number of rotatable bonds is 6. The van der Waals surface area contributed by atoms with Crippen LogP contribution in [0, 0.1) is 0 Å². The second kappa shape index (κ2) is 5.96. The van der Waals surface area contributed by atoms with E-state index in [1.807, 2.05) is 0 Å². The molecule has 0 aliphatic carbocycles. The lowest BCUT2D eigenvalue weighted by Gasteiger charge is -2.05. The van der Waals surface area contributed by atoms with E-state index >= 15 is 0 Å². The Bertz CT molecular complexity index is 567. The van der Waals surface area contributed by atoms with Gasteiger partial charge in [-0.2, -0.15) is 0 Å². The minimum Gasteiger partial charge on any atom is -0.485 e. The number of hydrogen-bond donors (Lipinski definition) is 1. The van der Waals surface area contributed by atoms with Crippen LogP contribution in [0.3, 0.4) is 0 Å². The number of pyridine rings is 1. The Morgan fingerprint density at radius 3 is 3.05 bits per heavy atom. The zero-order chi connectivity index (χ0) is 13.7. The molecule has 0 fully saturated rings. The maximum atomic E-state index is 10.9. The van der Waals surface area contributed by atoms with Crippen molar-refractivity contribution in [2.75, 3.05) is 7.11 Å². The first-order chi connectivity index (χ1) is 9.20. The van der Waals surface area contributed by atoms with Crippen LogP contribution in [-0.4, -0.2) is 28.3 Å². The molecule has 19 heavy (non-hydrogen) atoms. The molecular formula is C12H12N2O5. The number of ether oxygens (including phenoxy) is 2. The smallest absolute Gasteiger partial charge is 0.358 e. The first kappa shape index (κ1) is 13.0. The topological polar surface area (TPSA) is 94.7 Å². The molecule has 0 bridgehead atoms. The second-order valence-electron chi connectivity index (χ2n) is 3.66. The van der Waals surface area contributed by atoms with Crippen LogP contribution in [0.1, 0.15) is 21.9 Å². The first-order valence-electron chi connectivity index (χ1n) is 5.45. The van der Waals surface area contributed by atoms with Crippen molar-refractivity contribution in [3.63, 3.8) is 0 Å². The van der Waals surface area contributed by atoms with Gasteiger partial charge in [0.05, 0.1) is 0 Å². The zero-order valence-corrected chi connectivity index (χ0v) is 10.2. The monoisotopic (exact) mass is 264 g/mol. The molecule has 100 valence electrons. The van der Waals surface area contributed by atoms with Crippen LogP contribution in [0.4, 0.5) is 0 Å². The van der Waals surface area contributed by atoms with E-state index in [9.17, 15) is 4.79 Å². The molecule has 7 nitrogen and oxygen atoms in total. The van der Waals surface area contributed by atoms with Gasteiger partial charge in [-0.3, -0.25) is 0 Å². The molecule has 0 saturated heterocycles. The lowest BCUT2D eigenvalue weighted by molar-refractivity contribution is 0.0684. The van der Waals surface area contributed by atoms with Crippen LogP contribution in [-0.2, 0) is 18.0 Å². The molecule has 0 saturated carbocycles. The van der Waals surface area contributed by atoms with Gasteiger partial charge < -0.3 is 19.1 Å². The van der Waals surface area contributed by atoms with E-state index in [0.29, 0.717) is 18.1 Å². The Morgan fingerprint density at radius 2 is 2.32 bits per heavy atom. The number of aromatic carboxylic acids is 1. The van der Waals surface area contributed by atoms with Gasteiger partial charge in [-0.15, -0.1) is 0 Å². The summed E-state index contributed by atoms with van der Waals surface area (Å²) in [5.41, 5.74) is 0.412. The molecular weight excluding hydrogens is 252 g/mol. The highest BCUT2D eigenvalue weighted by Gasteiger charge is 2.13. The zero-order valence-electron chi connectivity index (χ0n) is 10.2. The third-order valence-electron chi connectivity index (χ3n) is 2.24.